The first-order valence-electron chi connectivity index (χ1n) is 7.74. The van der Waals surface area contributed by atoms with Gasteiger partial charge in [-0.15, -0.1) is 0 Å². The molecule has 0 aliphatic rings. The maximum Gasteiger partial charge on any atom is 0.240 e. The quantitative estimate of drug-likeness (QED) is 0.888. The lowest BCUT2D eigenvalue weighted by Gasteiger charge is -2.23. The Morgan fingerprint density at radius 2 is 1.83 bits per heavy atom. The molecule has 0 unspecified atom stereocenters. The third-order valence-corrected chi connectivity index (χ3v) is 3.64. The van der Waals surface area contributed by atoms with Crippen LogP contribution in [0.5, 0.6) is 5.75 Å². The van der Waals surface area contributed by atoms with Crippen LogP contribution in [0.2, 0.25) is 0 Å². The number of benzene rings is 2. The summed E-state index contributed by atoms with van der Waals surface area (Å²) in [4.78, 5) is 25.7. The van der Waals surface area contributed by atoms with Crippen LogP contribution < -0.4 is 15.0 Å². The standard InChI is InChI=1S/C19H22N2O3/c1-14-9-10-18(24-3)17(11-14)21(15(2)22)13-19(23)20-12-16-7-5-4-6-8-16/h4-11H,12-13H2,1-3H3,(H,20,23). The van der Waals surface area contributed by atoms with Crippen LogP contribution in [0, 0.1) is 6.92 Å². The third-order valence-electron chi connectivity index (χ3n) is 3.64. The van der Waals surface area contributed by atoms with Crippen LogP contribution in [0.25, 0.3) is 0 Å². The van der Waals surface area contributed by atoms with Gasteiger partial charge in [-0.25, -0.2) is 0 Å². The van der Waals surface area contributed by atoms with Gasteiger partial charge < -0.3 is 10.1 Å². The van der Waals surface area contributed by atoms with E-state index in [9.17, 15) is 9.59 Å². The highest BCUT2D eigenvalue weighted by atomic mass is 16.5. The monoisotopic (exact) mass is 326 g/mol. The van der Waals surface area contributed by atoms with Gasteiger partial charge >= 0.3 is 0 Å². The maximum atomic E-state index is 12.2. The number of nitrogens with zero attached hydrogens (tertiary/aromatic N) is 1. The lowest BCUT2D eigenvalue weighted by molar-refractivity contribution is -0.123. The fraction of sp³-hybridized carbons (Fsp3) is 0.263. The number of hydrogen-bond acceptors (Lipinski definition) is 3. The summed E-state index contributed by atoms with van der Waals surface area (Å²) in [6, 6.07) is 15.2. The predicted octanol–water partition coefficient (Wildman–Crippen LogP) is 2.67. The SMILES string of the molecule is COc1ccc(C)cc1N(CC(=O)NCc1ccccc1)C(C)=O. The van der Waals surface area contributed by atoms with Crippen molar-refractivity contribution in [1.29, 1.82) is 0 Å². The fourth-order valence-electron chi connectivity index (χ4n) is 2.37. The lowest BCUT2D eigenvalue weighted by atomic mass is 10.2. The molecular formula is C19H22N2O3. The van der Waals surface area contributed by atoms with Crippen molar-refractivity contribution in [2.24, 2.45) is 0 Å². The predicted molar refractivity (Wildman–Crippen MR) is 94.0 cm³/mol. The van der Waals surface area contributed by atoms with Gasteiger partial charge in [-0.2, -0.15) is 0 Å². The number of nitrogens with one attached hydrogen (secondary N) is 1. The van der Waals surface area contributed by atoms with Gasteiger partial charge in [0.2, 0.25) is 11.8 Å². The molecule has 0 radical (unpaired) electrons. The number of methoxy groups -OCH3 is 1. The number of ether oxygens (including phenoxy) is 1. The van der Waals surface area contributed by atoms with E-state index in [4.69, 9.17) is 4.74 Å². The minimum Gasteiger partial charge on any atom is -0.495 e. The normalized spacial score (nSPS) is 10.1. The number of carbonyl (C=O) groups excluding carboxylic acids is 2. The molecule has 2 aromatic carbocycles. The molecule has 126 valence electrons. The van der Waals surface area contributed by atoms with E-state index in [0.29, 0.717) is 18.0 Å². The zero-order valence-corrected chi connectivity index (χ0v) is 14.2. The van der Waals surface area contributed by atoms with Crippen molar-refractivity contribution in [2.45, 2.75) is 20.4 Å². The van der Waals surface area contributed by atoms with Gasteiger partial charge in [-0.3, -0.25) is 14.5 Å². The van der Waals surface area contributed by atoms with Gasteiger partial charge in [0.15, 0.2) is 0 Å². The summed E-state index contributed by atoms with van der Waals surface area (Å²) in [7, 11) is 1.54. The summed E-state index contributed by atoms with van der Waals surface area (Å²) in [6.45, 7) is 3.74. The average Bonchev–Trinajstić information content (AvgIpc) is 2.58. The Bertz CT molecular complexity index is 714. The molecule has 0 aliphatic heterocycles. The van der Waals surface area contributed by atoms with E-state index in [0.717, 1.165) is 11.1 Å². The number of carbonyl (C=O) groups is 2. The molecule has 2 rings (SSSR count). The van der Waals surface area contributed by atoms with Crippen molar-refractivity contribution >= 4 is 17.5 Å². The van der Waals surface area contributed by atoms with E-state index >= 15 is 0 Å². The molecule has 1 N–H and O–H groups in total. The molecular weight excluding hydrogens is 304 g/mol. The van der Waals surface area contributed by atoms with Gasteiger partial charge in [-0.1, -0.05) is 36.4 Å². The van der Waals surface area contributed by atoms with E-state index in [1.54, 1.807) is 13.2 Å². The molecule has 0 aliphatic carbocycles. The molecule has 0 saturated carbocycles. The zero-order chi connectivity index (χ0) is 17.5. The van der Waals surface area contributed by atoms with Crippen molar-refractivity contribution in [3.05, 3.63) is 59.7 Å². The number of hydrogen-bond donors (Lipinski definition) is 1. The summed E-state index contributed by atoms with van der Waals surface area (Å²) in [5.41, 5.74) is 2.59. The van der Waals surface area contributed by atoms with Gasteiger partial charge in [0.05, 0.1) is 12.8 Å². The van der Waals surface area contributed by atoms with Crippen molar-refractivity contribution < 1.29 is 14.3 Å². The maximum absolute atomic E-state index is 12.2. The number of anilines is 1. The molecule has 0 bridgehead atoms. The third kappa shape index (κ3) is 4.59. The molecule has 0 spiro atoms. The second kappa shape index (κ2) is 8.15. The molecule has 0 saturated heterocycles. The van der Waals surface area contributed by atoms with E-state index < -0.39 is 0 Å². The van der Waals surface area contributed by atoms with Crippen LogP contribution >= 0.6 is 0 Å². The molecule has 0 heterocycles. The minimum atomic E-state index is -0.224. The first kappa shape index (κ1) is 17.5. The van der Waals surface area contributed by atoms with E-state index in [-0.39, 0.29) is 18.4 Å². The topological polar surface area (TPSA) is 58.6 Å². The Kier molecular flexibility index (Phi) is 5.95. The molecule has 0 aromatic heterocycles. The minimum absolute atomic E-state index is 0.0536. The Morgan fingerprint density at radius 1 is 1.12 bits per heavy atom. The van der Waals surface area contributed by atoms with Crippen molar-refractivity contribution in [1.82, 2.24) is 5.32 Å². The smallest absolute Gasteiger partial charge is 0.240 e. The highest BCUT2D eigenvalue weighted by molar-refractivity contribution is 5.98. The lowest BCUT2D eigenvalue weighted by Crippen LogP contribution is -2.39. The molecule has 5 nitrogen and oxygen atoms in total. The second-order valence-electron chi connectivity index (χ2n) is 5.54. The fourth-order valence-corrected chi connectivity index (χ4v) is 2.37. The van der Waals surface area contributed by atoms with Gasteiger partial charge in [-0.05, 0) is 30.2 Å². The molecule has 0 atom stereocenters. The van der Waals surface area contributed by atoms with E-state index in [1.807, 2.05) is 49.4 Å². The number of amides is 2. The first-order valence-corrected chi connectivity index (χ1v) is 7.74. The van der Waals surface area contributed by atoms with Crippen molar-refractivity contribution in [3.63, 3.8) is 0 Å². The number of aryl methyl sites for hydroxylation is 1. The first-order chi connectivity index (χ1) is 11.5. The van der Waals surface area contributed by atoms with Gasteiger partial charge in [0.25, 0.3) is 0 Å². The summed E-state index contributed by atoms with van der Waals surface area (Å²) in [5, 5.41) is 2.83. The Hall–Kier alpha value is -2.82. The van der Waals surface area contributed by atoms with Crippen LogP contribution in [-0.4, -0.2) is 25.5 Å². The zero-order valence-electron chi connectivity index (χ0n) is 14.2. The van der Waals surface area contributed by atoms with Crippen LogP contribution in [0.3, 0.4) is 0 Å². The van der Waals surface area contributed by atoms with Crippen LogP contribution in [0.4, 0.5) is 5.69 Å². The van der Waals surface area contributed by atoms with Gasteiger partial charge in [0.1, 0.15) is 12.3 Å². The Labute approximate surface area is 142 Å². The molecule has 5 heteroatoms. The Morgan fingerprint density at radius 3 is 2.46 bits per heavy atom. The summed E-state index contributed by atoms with van der Waals surface area (Å²) in [5.74, 6) is 0.123. The van der Waals surface area contributed by atoms with Crippen LogP contribution in [-0.2, 0) is 16.1 Å². The summed E-state index contributed by atoms with van der Waals surface area (Å²) < 4.78 is 5.32. The van der Waals surface area contributed by atoms with Crippen molar-refractivity contribution in [3.8, 4) is 5.75 Å². The summed E-state index contributed by atoms with van der Waals surface area (Å²) in [6.07, 6.45) is 0. The van der Waals surface area contributed by atoms with Crippen molar-refractivity contribution in [2.75, 3.05) is 18.6 Å². The number of rotatable bonds is 6. The van der Waals surface area contributed by atoms with E-state index in [2.05, 4.69) is 5.32 Å². The average molecular weight is 326 g/mol. The van der Waals surface area contributed by atoms with E-state index in [1.165, 1.54) is 11.8 Å². The molecule has 0 fully saturated rings. The van der Waals surface area contributed by atoms with Crippen LogP contribution in [0.15, 0.2) is 48.5 Å². The van der Waals surface area contributed by atoms with Crippen LogP contribution in [0.1, 0.15) is 18.1 Å². The highest BCUT2D eigenvalue weighted by Gasteiger charge is 2.19. The highest BCUT2D eigenvalue weighted by Crippen LogP contribution is 2.29. The molecule has 2 aromatic rings. The molecule has 2 amide bonds. The second-order valence-corrected chi connectivity index (χ2v) is 5.54. The summed E-state index contributed by atoms with van der Waals surface area (Å²) >= 11 is 0. The largest absolute Gasteiger partial charge is 0.495 e. The Balaban J connectivity index is 2.10. The van der Waals surface area contributed by atoms with Gasteiger partial charge in [0, 0.05) is 13.5 Å². The molecule has 24 heavy (non-hydrogen) atoms.